The van der Waals surface area contributed by atoms with Gasteiger partial charge in [-0.2, -0.15) is 39.5 Å². The molecule has 0 amide bonds. The first kappa shape index (κ1) is 38.4. The third kappa shape index (κ3) is 12.2. The zero-order valence-corrected chi connectivity index (χ0v) is 24.3. The van der Waals surface area contributed by atoms with Crippen LogP contribution in [0.5, 0.6) is 11.5 Å². The van der Waals surface area contributed by atoms with E-state index >= 15 is 0 Å². The lowest BCUT2D eigenvalue weighted by atomic mass is 10.1. The highest BCUT2D eigenvalue weighted by atomic mass is 35.5. The van der Waals surface area contributed by atoms with Crippen molar-refractivity contribution >= 4 is 23.2 Å². The molecule has 2 N–H and O–H groups in total. The monoisotopic (exact) mass is 708 g/mol. The number of rotatable bonds is 5. The van der Waals surface area contributed by atoms with Crippen LogP contribution in [-0.2, 0) is 31.7 Å². The van der Waals surface area contributed by atoms with Crippen LogP contribution in [0.25, 0.3) is 0 Å². The van der Waals surface area contributed by atoms with Gasteiger partial charge in [0.2, 0.25) is 0 Å². The van der Waals surface area contributed by atoms with Crippen LogP contribution in [0.4, 0.5) is 48.3 Å². The molecule has 0 bridgehead atoms. The number of halogens is 13. The van der Waals surface area contributed by atoms with Gasteiger partial charge in [-0.3, -0.25) is 0 Å². The summed E-state index contributed by atoms with van der Waals surface area (Å²) in [5.41, 5.74) is -1.90. The second-order valence-corrected chi connectivity index (χ2v) is 9.81. The molecule has 0 radical (unpaired) electrons. The lowest BCUT2D eigenvalue weighted by Crippen LogP contribution is -2.05. The molecule has 0 aliphatic carbocycles. The molecular formula is C30H21Cl2F11O3. The molecule has 4 aromatic carbocycles. The Morgan fingerprint density at radius 1 is 0.609 bits per heavy atom. The second-order valence-electron chi connectivity index (χ2n) is 9.00. The number of ether oxygens (including phenoxy) is 1. The van der Waals surface area contributed by atoms with Gasteiger partial charge in [0, 0.05) is 5.56 Å². The molecule has 0 unspecified atom stereocenters. The van der Waals surface area contributed by atoms with Crippen LogP contribution in [0, 0.1) is 0 Å². The quantitative estimate of drug-likeness (QED) is 0.203. The molecule has 16 heteroatoms. The molecule has 0 aliphatic rings. The van der Waals surface area contributed by atoms with Gasteiger partial charge in [0.1, 0.15) is 18.1 Å². The minimum Gasteiger partial charge on any atom is -0.506 e. The molecular weight excluding hydrogens is 688 g/mol. The fourth-order valence-electron chi connectivity index (χ4n) is 3.30. The number of aliphatic hydroxyl groups excluding tert-OH is 1. The van der Waals surface area contributed by atoms with Crippen molar-refractivity contribution in [1.82, 2.24) is 0 Å². The first-order chi connectivity index (χ1) is 21.2. The molecule has 0 aromatic heterocycles. The van der Waals surface area contributed by atoms with Gasteiger partial charge in [0.25, 0.3) is 6.43 Å². The Morgan fingerprint density at radius 2 is 1.11 bits per heavy atom. The Hall–Kier alpha value is -3.75. The van der Waals surface area contributed by atoms with Crippen LogP contribution in [0.15, 0.2) is 84.9 Å². The fraction of sp³-hybridized carbons (Fsp3) is 0.200. The van der Waals surface area contributed by atoms with Gasteiger partial charge in [0.15, 0.2) is 0 Å². The van der Waals surface area contributed by atoms with E-state index in [1.54, 1.807) is 6.07 Å². The Morgan fingerprint density at radius 3 is 1.61 bits per heavy atom. The van der Waals surface area contributed by atoms with Crippen molar-refractivity contribution in [3.63, 3.8) is 0 Å². The predicted octanol–water partition coefficient (Wildman–Crippen LogP) is 11.1. The first-order valence-corrected chi connectivity index (χ1v) is 13.2. The van der Waals surface area contributed by atoms with Crippen molar-refractivity contribution < 1.29 is 63.2 Å². The van der Waals surface area contributed by atoms with E-state index in [2.05, 4.69) is 0 Å². The molecule has 0 atom stereocenters. The Labute approximate surface area is 264 Å². The van der Waals surface area contributed by atoms with Crippen molar-refractivity contribution in [2.75, 3.05) is 0 Å². The summed E-state index contributed by atoms with van der Waals surface area (Å²) in [7, 11) is 0. The van der Waals surface area contributed by atoms with Gasteiger partial charge in [-0.1, -0.05) is 53.5 Å². The van der Waals surface area contributed by atoms with Crippen LogP contribution < -0.4 is 4.74 Å². The number of alkyl halides is 11. The predicted molar refractivity (Wildman–Crippen MR) is 148 cm³/mol. The topological polar surface area (TPSA) is 49.7 Å². The third-order valence-electron chi connectivity index (χ3n) is 5.57. The van der Waals surface area contributed by atoms with E-state index in [1.165, 1.54) is 30.3 Å². The molecule has 0 spiro atoms. The summed E-state index contributed by atoms with van der Waals surface area (Å²) in [5.74, 6) is -0.304. The standard InChI is InChI=1S/C15H10ClF5O.C8H7F3O.C7H4ClF3O/c16-12-7-11(15(19,20)21)4-5-13(12)22-8-9-2-1-3-10(6-9)14(17)18;9-8(10,11)7-3-1-2-6(4-7)5-12;8-5-3-4(7(9,10)11)1-2-6(5)12/h1-7,14H,8H2;1-4,12H,5H2;1-3,12H. The number of aliphatic hydroxyl groups is 1. The molecule has 0 heterocycles. The highest BCUT2D eigenvalue weighted by molar-refractivity contribution is 6.32. The van der Waals surface area contributed by atoms with Crippen molar-refractivity contribution in [2.45, 2.75) is 38.2 Å². The normalized spacial score (nSPS) is 11.7. The van der Waals surface area contributed by atoms with E-state index < -0.39 is 41.6 Å². The summed E-state index contributed by atoms with van der Waals surface area (Å²) in [6.45, 7) is -0.449. The largest absolute Gasteiger partial charge is 0.506 e. The molecule has 0 saturated carbocycles. The molecule has 0 aliphatic heterocycles. The number of benzene rings is 4. The van der Waals surface area contributed by atoms with Gasteiger partial charge in [-0.25, -0.2) is 8.78 Å². The van der Waals surface area contributed by atoms with Crippen molar-refractivity contribution in [3.8, 4) is 11.5 Å². The number of phenolic OH excluding ortho intramolecular Hbond substituents is 1. The lowest BCUT2D eigenvalue weighted by Gasteiger charge is -2.12. The lowest BCUT2D eigenvalue weighted by molar-refractivity contribution is -0.138. The fourth-order valence-corrected chi connectivity index (χ4v) is 3.72. The molecule has 0 saturated heterocycles. The minimum atomic E-state index is -4.49. The zero-order valence-electron chi connectivity index (χ0n) is 22.8. The Bertz CT molecular complexity index is 1570. The number of phenols is 1. The molecule has 250 valence electrons. The SMILES string of the molecule is FC(F)c1cccc(COc2ccc(C(F)(F)F)cc2Cl)c1.OCc1cccc(C(F)(F)F)c1.Oc1ccc(C(F)(F)F)cc1Cl. The number of aromatic hydroxyl groups is 1. The molecule has 46 heavy (non-hydrogen) atoms. The van der Waals surface area contributed by atoms with E-state index in [-0.39, 0.29) is 45.9 Å². The highest BCUT2D eigenvalue weighted by Gasteiger charge is 2.32. The van der Waals surface area contributed by atoms with Gasteiger partial charge in [-0.05, 0) is 65.7 Å². The van der Waals surface area contributed by atoms with Crippen molar-refractivity contribution in [1.29, 1.82) is 0 Å². The molecule has 4 rings (SSSR count). The van der Waals surface area contributed by atoms with Crippen LogP contribution in [-0.4, -0.2) is 10.2 Å². The maximum Gasteiger partial charge on any atom is 0.416 e. The van der Waals surface area contributed by atoms with E-state index in [9.17, 15) is 48.3 Å². The Kier molecular flexibility index (Phi) is 13.5. The number of hydrogen-bond donors (Lipinski definition) is 2. The highest BCUT2D eigenvalue weighted by Crippen LogP contribution is 2.36. The Balaban J connectivity index is 0.000000261. The van der Waals surface area contributed by atoms with Crippen molar-refractivity contribution in [2.24, 2.45) is 0 Å². The maximum atomic E-state index is 12.6. The number of hydrogen-bond acceptors (Lipinski definition) is 3. The average Bonchev–Trinajstić information content (AvgIpc) is 2.97. The summed E-state index contributed by atoms with van der Waals surface area (Å²) in [6.07, 6.45) is -15.8. The van der Waals surface area contributed by atoms with E-state index in [0.717, 1.165) is 42.5 Å². The summed E-state index contributed by atoms with van der Waals surface area (Å²) in [5, 5.41) is 16.9. The van der Waals surface area contributed by atoms with Gasteiger partial charge in [-0.15, -0.1) is 0 Å². The van der Waals surface area contributed by atoms with E-state index in [0.29, 0.717) is 11.6 Å². The summed E-state index contributed by atoms with van der Waals surface area (Å²) in [4.78, 5) is 0. The summed E-state index contributed by atoms with van der Waals surface area (Å²) in [6, 6.07) is 15.2. The zero-order chi connectivity index (χ0) is 34.9. The first-order valence-electron chi connectivity index (χ1n) is 12.4. The summed E-state index contributed by atoms with van der Waals surface area (Å²) < 4.78 is 140. The van der Waals surface area contributed by atoms with E-state index in [4.69, 9.17) is 38.2 Å². The minimum absolute atomic E-state index is 0.0529. The van der Waals surface area contributed by atoms with Crippen LogP contribution in [0.2, 0.25) is 10.0 Å². The summed E-state index contributed by atoms with van der Waals surface area (Å²) >= 11 is 11.0. The smallest absolute Gasteiger partial charge is 0.416 e. The maximum absolute atomic E-state index is 12.6. The van der Waals surface area contributed by atoms with Crippen LogP contribution in [0.1, 0.15) is 39.8 Å². The van der Waals surface area contributed by atoms with Gasteiger partial charge >= 0.3 is 18.5 Å². The second kappa shape index (κ2) is 16.2. The van der Waals surface area contributed by atoms with Gasteiger partial charge < -0.3 is 14.9 Å². The third-order valence-corrected chi connectivity index (χ3v) is 6.17. The molecule has 0 fully saturated rings. The molecule has 4 aromatic rings. The van der Waals surface area contributed by atoms with Crippen molar-refractivity contribution in [3.05, 3.63) is 128 Å². The van der Waals surface area contributed by atoms with E-state index in [1.807, 2.05) is 0 Å². The van der Waals surface area contributed by atoms with Gasteiger partial charge in [0.05, 0.1) is 33.3 Å². The molecule has 3 nitrogen and oxygen atoms in total. The van der Waals surface area contributed by atoms with Crippen LogP contribution >= 0.6 is 23.2 Å². The average molecular weight is 709 g/mol. The van der Waals surface area contributed by atoms with Crippen LogP contribution in [0.3, 0.4) is 0 Å².